The Balaban J connectivity index is 1.97. The fourth-order valence-corrected chi connectivity index (χ4v) is 2.69. The Kier molecular flexibility index (Phi) is 3.60. The molecule has 1 aliphatic heterocycles. The molecule has 0 bridgehead atoms. The highest BCUT2D eigenvalue weighted by Crippen LogP contribution is 2.20. The van der Waals surface area contributed by atoms with E-state index in [0.29, 0.717) is 22.3 Å². The van der Waals surface area contributed by atoms with Crippen molar-refractivity contribution >= 4 is 22.9 Å². The van der Waals surface area contributed by atoms with E-state index >= 15 is 0 Å². The number of aromatic amines is 1. The smallest absolute Gasteiger partial charge is 0.340 e. The van der Waals surface area contributed by atoms with Crippen LogP contribution in [0.15, 0.2) is 18.3 Å². The summed E-state index contributed by atoms with van der Waals surface area (Å²) in [5, 5.41) is 0. The number of nitrogens with zero attached hydrogens (tertiary/aromatic N) is 2. The summed E-state index contributed by atoms with van der Waals surface area (Å²) in [6.07, 6.45) is 4.79. The van der Waals surface area contributed by atoms with Crippen molar-refractivity contribution in [2.75, 3.05) is 20.2 Å². The maximum Gasteiger partial charge on any atom is 0.340 e. The Hall–Kier alpha value is -2.37. The van der Waals surface area contributed by atoms with Gasteiger partial charge in [0, 0.05) is 19.3 Å². The number of likely N-dealkylation sites (tertiary alicyclic amines) is 1. The molecule has 0 aromatic carbocycles. The summed E-state index contributed by atoms with van der Waals surface area (Å²) in [6, 6.07) is 3.28. The first kappa shape index (κ1) is 13.6. The lowest BCUT2D eigenvalue weighted by Gasteiger charge is -2.26. The zero-order valence-corrected chi connectivity index (χ0v) is 11.9. The number of amides is 1. The summed E-state index contributed by atoms with van der Waals surface area (Å²) in [7, 11) is 1.33. The van der Waals surface area contributed by atoms with Gasteiger partial charge >= 0.3 is 5.97 Å². The lowest BCUT2D eigenvalue weighted by Crippen LogP contribution is -2.35. The van der Waals surface area contributed by atoms with Crippen molar-refractivity contribution in [3.8, 4) is 0 Å². The molecular weight excluding hydrogens is 270 g/mol. The van der Waals surface area contributed by atoms with Crippen molar-refractivity contribution in [2.24, 2.45) is 0 Å². The van der Waals surface area contributed by atoms with Crippen LogP contribution >= 0.6 is 0 Å². The Bertz CT molecular complexity index is 687. The van der Waals surface area contributed by atoms with Gasteiger partial charge in [-0.1, -0.05) is 0 Å². The largest absolute Gasteiger partial charge is 0.465 e. The van der Waals surface area contributed by atoms with Gasteiger partial charge in [-0.25, -0.2) is 4.79 Å². The molecule has 1 aliphatic rings. The molecule has 6 heteroatoms. The summed E-state index contributed by atoms with van der Waals surface area (Å²) < 4.78 is 4.75. The first-order valence-electron chi connectivity index (χ1n) is 7.06. The number of hydrogen-bond acceptors (Lipinski definition) is 4. The second-order valence-electron chi connectivity index (χ2n) is 5.15. The topological polar surface area (TPSA) is 75.3 Å². The first-order valence-corrected chi connectivity index (χ1v) is 7.06. The third kappa shape index (κ3) is 2.49. The van der Waals surface area contributed by atoms with Crippen LogP contribution < -0.4 is 0 Å². The van der Waals surface area contributed by atoms with E-state index in [-0.39, 0.29) is 5.91 Å². The summed E-state index contributed by atoms with van der Waals surface area (Å²) in [6.45, 7) is 1.57. The van der Waals surface area contributed by atoms with Crippen LogP contribution in [0.3, 0.4) is 0 Å². The molecule has 0 atom stereocenters. The van der Waals surface area contributed by atoms with Crippen molar-refractivity contribution in [1.29, 1.82) is 0 Å². The van der Waals surface area contributed by atoms with Crippen LogP contribution in [-0.4, -0.2) is 46.9 Å². The van der Waals surface area contributed by atoms with Gasteiger partial charge in [-0.15, -0.1) is 0 Å². The molecule has 0 aliphatic carbocycles. The van der Waals surface area contributed by atoms with Crippen molar-refractivity contribution < 1.29 is 14.3 Å². The minimum absolute atomic E-state index is 0.0384. The lowest BCUT2D eigenvalue weighted by atomic mass is 10.1. The molecule has 0 radical (unpaired) electrons. The SMILES string of the molecule is COC(=O)c1ccnc2cc(C(=O)N3CCCCC3)[nH]c12. The number of ether oxygens (including phenoxy) is 1. The molecular formula is C15H17N3O3. The van der Waals surface area contributed by atoms with Gasteiger partial charge in [0.1, 0.15) is 5.69 Å². The molecule has 2 aromatic heterocycles. The number of esters is 1. The van der Waals surface area contributed by atoms with E-state index in [2.05, 4.69) is 9.97 Å². The first-order chi connectivity index (χ1) is 10.2. The van der Waals surface area contributed by atoms with Crippen molar-refractivity contribution in [2.45, 2.75) is 19.3 Å². The number of carbonyl (C=O) groups is 2. The second kappa shape index (κ2) is 5.55. The maximum atomic E-state index is 12.5. The number of nitrogens with one attached hydrogen (secondary N) is 1. The second-order valence-corrected chi connectivity index (χ2v) is 5.15. The standard InChI is InChI=1S/C15H17N3O3/c1-21-15(20)10-5-6-16-11-9-12(17-13(10)11)14(19)18-7-3-2-4-8-18/h5-6,9,17H,2-4,7-8H2,1H3. The number of methoxy groups -OCH3 is 1. The molecule has 0 spiro atoms. The quantitative estimate of drug-likeness (QED) is 0.857. The minimum Gasteiger partial charge on any atom is -0.465 e. The van der Waals surface area contributed by atoms with Gasteiger partial charge in [0.05, 0.1) is 23.7 Å². The highest BCUT2D eigenvalue weighted by atomic mass is 16.5. The van der Waals surface area contributed by atoms with Gasteiger partial charge in [0.2, 0.25) is 0 Å². The van der Waals surface area contributed by atoms with Crippen molar-refractivity contribution in [3.63, 3.8) is 0 Å². The summed E-state index contributed by atoms with van der Waals surface area (Å²) in [4.78, 5) is 33.3. The van der Waals surface area contributed by atoms with E-state index in [9.17, 15) is 9.59 Å². The maximum absolute atomic E-state index is 12.5. The van der Waals surface area contributed by atoms with Crippen LogP contribution in [0, 0.1) is 0 Å². The Labute approximate surface area is 122 Å². The van der Waals surface area contributed by atoms with Gasteiger partial charge < -0.3 is 14.6 Å². The van der Waals surface area contributed by atoms with Gasteiger partial charge in [-0.2, -0.15) is 0 Å². The van der Waals surface area contributed by atoms with Crippen LogP contribution in [-0.2, 0) is 4.74 Å². The highest BCUT2D eigenvalue weighted by molar-refractivity contribution is 6.05. The number of piperidine rings is 1. The van der Waals surface area contributed by atoms with Crippen molar-refractivity contribution in [1.82, 2.24) is 14.9 Å². The van der Waals surface area contributed by atoms with Crippen LogP contribution in [0.25, 0.3) is 11.0 Å². The van der Waals surface area contributed by atoms with Crippen LogP contribution in [0.5, 0.6) is 0 Å². The number of carbonyl (C=O) groups excluding carboxylic acids is 2. The molecule has 1 fully saturated rings. The Morgan fingerprint density at radius 1 is 1.29 bits per heavy atom. The molecule has 110 valence electrons. The third-order valence-corrected chi connectivity index (χ3v) is 3.80. The number of aromatic nitrogens is 2. The molecule has 6 nitrogen and oxygen atoms in total. The Morgan fingerprint density at radius 3 is 2.76 bits per heavy atom. The monoisotopic (exact) mass is 287 g/mol. The average molecular weight is 287 g/mol. The molecule has 1 amide bonds. The van der Waals surface area contributed by atoms with Gasteiger partial charge in [-0.3, -0.25) is 9.78 Å². The van der Waals surface area contributed by atoms with Crippen LogP contribution in [0.1, 0.15) is 40.1 Å². The minimum atomic E-state index is -0.443. The van der Waals surface area contributed by atoms with Gasteiger partial charge in [0.15, 0.2) is 0 Å². The van der Waals surface area contributed by atoms with E-state index < -0.39 is 5.97 Å². The van der Waals surface area contributed by atoms with E-state index in [1.54, 1.807) is 12.1 Å². The number of rotatable bonds is 2. The number of fused-ring (bicyclic) bond motifs is 1. The average Bonchev–Trinajstić information content (AvgIpc) is 2.98. The van der Waals surface area contributed by atoms with E-state index in [0.717, 1.165) is 25.9 Å². The summed E-state index contributed by atoms with van der Waals surface area (Å²) in [5.74, 6) is -0.482. The van der Waals surface area contributed by atoms with Gasteiger partial charge in [0.25, 0.3) is 5.91 Å². The fraction of sp³-hybridized carbons (Fsp3) is 0.400. The molecule has 21 heavy (non-hydrogen) atoms. The molecule has 2 aromatic rings. The van der Waals surface area contributed by atoms with Crippen LogP contribution in [0.4, 0.5) is 0 Å². The van der Waals surface area contributed by atoms with E-state index in [1.807, 2.05) is 4.90 Å². The summed E-state index contributed by atoms with van der Waals surface area (Å²) in [5.41, 5.74) is 2.00. The Morgan fingerprint density at radius 2 is 2.05 bits per heavy atom. The predicted octanol–water partition coefficient (Wildman–Crippen LogP) is 1.98. The zero-order chi connectivity index (χ0) is 14.8. The molecule has 1 N–H and O–H groups in total. The number of hydrogen-bond donors (Lipinski definition) is 1. The van der Waals surface area contributed by atoms with Crippen molar-refractivity contribution in [3.05, 3.63) is 29.6 Å². The molecule has 3 rings (SSSR count). The molecule has 0 saturated carbocycles. The molecule has 0 unspecified atom stereocenters. The lowest BCUT2D eigenvalue weighted by molar-refractivity contribution is 0.0601. The third-order valence-electron chi connectivity index (χ3n) is 3.80. The van der Waals surface area contributed by atoms with E-state index in [1.165, 1.54) is 19.7 Å². The van der Waals surface area contributed by atoms with Gasteiger partial charge in [-0.05, 0) is 31.4 Å². The molecule has 3 heterocycles. The van der Waals surface area contributed by atoms with E-state index in [4.69, 9.17) is 4.74 Å². The zero-order valence-electron chi connectivity index (χ0n) is 11.9. The summed E-state index contributed by atoms with van der Waals surface area (Å²) >= 11 is 0. The normalized spacial score (nSPS) is 15.2. The number of H-pyrrole nitrogens is 1. The predicted molar refractivity (Wildman–Crippen MR) is 77.2 cm³/mol. The molecule has 1 saturated heterocycles. The number of pyridine rings is 1. The van der Waals surface area contributed by atoms with Crippen LogP contribution in [0.2, 0.25) is 0 Å². The fourth-order valence-electron chi connectivity index (χ4n) is 2.69. The highest BCUT2D eigenvalue weighted by Gasteiger charge is 2.21.